The minimum Gasteiger partial charge on any atom is -0.355 e. The molecule has 0 aromatic heterocycles. The van der Waals surface area contributed by atoms with Gasteiger partial charge in [-0.15, -0.1) is 12.4 Å². The van der Waals surface area contributed by atoms with Crippen molar-refractivity contribution in [2.45, 2.75) is 39.2 Å². The first-order chi connectivity index (χ1) is 8.75. The zero-order valence-corrected chi connectivity index (χ0v) is 14.0. The summed E-state index contributed by atoms with van der Waals surface area (Å²) < 4.78 is 0. The van der Waals surface area contributed by atoms with E-state index >= 15 is 0 Å². The van der Waals surface area contributed by atoms with Crippen LogP contribution in [0, 0.1) is 5.92 Å². The molecule has 0 radical (unpaired) electrons. The Morgan fingerprint density at radius 3 is 2.40 bits per heavy atom. The highest BCUT2D eigenvalue weighted by molar-refractivity contribution is 6.31. The normalized spacial score (nSPS) is 14.1. The van der Waals surface area contributed by atoms with Gasteiger partial charge in [0, 0.05) is 28.9 Å². The molecule has 0 aliphatic carbocycles. The van der Waals surface area contributed by atoms with Gasteiger partial charge in [-0.25, -0.2) is 0 Å². The number of benzene rings is 1. The highest BCUT2D eigenvalue weighted by atomic mass is 35.5. The summed E-state index contributed by atoms with van der Waals surface area (Å²) in [5.74, 6) is -0.211. The molecule has 2 unspecified atom stereocenters. The predicted octanol–water partition coefficient (Wildman–Crippen LogP) is 3.14. The van der Waals surface area contributed by atoms with Crippen LogP contribution in [0.5, 0.6) is 0 Å². The Labute approximate surface area is 132 Å². The van der Waals surface area contributed by atoms with Crippen molar-refractivity contribution >= 4 is 29.9 Å². The van der Waals surface area contributed by atoms with Crippen molar-refractivity contribution in [2.24, 2.45) is 11.7 Å². The fourth-order valence-corrected chi connectivity index (χ4v) is 2.20. The van der Waals surface area contributed by atoms with Gasteiger partial charge in [0.25, 0.3) is 0 Å². The lowest BCUT2D eigenvalue weighted by Gasteiger charge is -2.28. The number of nitrogens with one attached hydrogen (secondary N) is 1. The third-order valence-corrected chi connectivity index (χ3v) is 3.84. The average Bonchev–Trinajstić information content (AvgIpc) is 2.35. The Balaban J connectivity index is 0.00000361. The Kier molecular flexibility index (Phi) is 7.56. The average molecular weight is 319 g/mol. The van der Waals surface area contributed by atoms with Crippen molar-refractivity contribution in [1.82, 2.24) is 5.32 Å². The van der Waals surface area contributed by atoms with Gasteiger partial charge in [0.15, 0.2) is 0 Å². The maximum absolute atomic E-state index is 11.9. The Morgan fingerprint density at radius 1 is 1.35 bits per heavy atom. The molecule has 0 saturated carbocycles. The van der Waals surface area contributed by atoms with Crippen molar-refractivity contribution in [3.8, 4) is 0 Å². The number of hydrogen-bond donors (Lipinski definition) is 2. The minimum absolute atomic E-state index is 0. The second kappa shape index (κ2) is 7.87. The van der Waals surface area contributed by atoms with Crippen LogP contribution in [0.4, 0.5) is 0 Å². The van der Waals surface area contributed by atoms with E-state index in [9.17, 15) is 4.79 Å². The molecular formula is C15H24Cl2N2O. The molecule has 0 aliphatic heterocycles. The molecule has 3 nitrogen and oxygen atoms in total. The third-order valence-electron chi connectivity index (χ3n) is 3.51. The smallest absolute Gasteiger partial charge is 0.224 e. The topological polar surface area (TPSA) is 55.1 Å². The molecule has 5 heteroatoms. The SMILES string of the molecule is CC(N)C(C)C(=O)NCC(C)(C)c1ccccc1Cl.Cl. The summed E-state index contributed by atoms with van der Waals surface area (Å²) in [4.78, 5) is 11.9. The maximum Gasteiger partial charge on any atom is 0.224 e. The zero-order valence-electron chi connectivity index (χ0n) is 12.4. The number of rotatable bonds is 5. The fraction of sp³-hybridized carbons (Fsp3) is 0.533. The molecule has 114 valence electrons. The third kappa shape index (κ3) is 4.97. The van der Waals surface area contributed by atoms with Crippen LogP contribution in [0.25, 0.3) is 0 Å². The van der Waals surface area contributed by atoms with Crippen LogP contribution in [0.15, 0.2) is 24.3 Å². The van der Waals surface area contributed by atoms with E-state index in [0.717, 1.165) is 10.6 Å². The highest BCUT2D eigenvalue weighted by Crippen LogP contribution is 2.29. The van der Waals surface area contributed by atoms with Gasteiger partial charge >= 0.3 is 0 Å². The van der Waals surface area contributed by atoms with Gasteiger partial charge in [0.2, 0.25) is 5.91 Å². The number of amides is 1. The van der Waals surface area contributed by atoms with Crippen LogP contribution in [-0.2, 0) is 10.2 Å². The van der Waals surface area contributed by atoms with Crippen LogP contribution in [0.2, 0.25) is 5.02 Å². The van der Waals surface area contributed by atoms with Crippen LogP contribution in [0.3, 0.4) is 0 Å². The summed E-state index contributed by atoms with van der Waals surface area (Å²) in [5.41, 5.74) is 6.55. The molecule has 0 bridgehead atoms. The first-order valence-electron chi connectivity index (χ1n) is 6.54. The van der Waals surface area contributed by atoms with Crippen LogP contribution in [-0.4, -0.2) is 18.5 Å². The van der Waals surface area contributed by atoms with Gasteiger partial charge in [-0.3, -0.25) is 4.79 Å². The van der Waals surface area contributed by atoms with Gasteiger partial charge < -0.3 is 11.1 Å². The van der Waals surface area contributed by atoms with E-state index in [1.165, 1.54) is 0 Å². The van der Waals surface area contributed by atoms with E-state index in [1.807, 2.05) is 38.1 Å². The summed E-state index contributed by atoms with van der Waals surface area (Å²) in [7, 11) is 0. The minimum atomic E-state index is -0.217. The van der Waals surface area contributed by atoms with Crippen molar-refractivity contribution in [3.05, 3.63) is 34.9 Å². The molecule has 1 aromatic rings. The van der Waals surface area contributed by atoms with Crippen LogP contribution >= 0.6 is 24.0 Å². The van der Waals surface area contributed by atoms with Crippen molar-refractivity contribution < 1.29 is 4.79 Å². The molecule has 1 aromatic carbocycles. The van der Waals surface area contributed by atoms with Crippen LogP contribution < -0.4 is 11.1 Å². The first-order valence-corrected chi connectivity index (χ1v) is 6.92. The molecule has 0 aliphatic rings. The van der Waals surface area contributed by atoms with Gasteiger partial charge in [-0.1, -0.05) is 50.6 Å². The van der Waals surface area contributed by atoms with E-state index in [0.29, 0.717) is 6.54 Å². The number of hydrogen-bond acceptors (Lipinski definition) is 2. The van der Waals surface area contributed by atoms with E-state index in [2.05, 4.69) is 19.2 Å². The molecule has 0 spiro atoms. The van der Waals surface area contributed by atoms with Crippen molar-refractivity contribution in [1.29, 1.82) is 0 Å². The lowest BCUT2D eigenvalue weighted by atomic mass is 9.84. The van der Waals surface area contributed by atoms with Crippen molar-refractivity contribution in [2.75, 3.05) is 6.54 Å². The zero-order chi connectivity index (χ0) is 14.6. The second-order valence-corrected chi connectivity index (χ2v) is 6.14. The number of nitrogens with two attached hydrogens (primary N) is 1. The molecule has 0 fully saturated rings. The molecular weight excluding hydrogens is 295 g/mol. The Bertz CT molecular complexity index is 447. The summed E-state index contributed by atoms with van der Waals surface area (Å²) in [6.07, 6.45) is 0. The summed E-state index contributed by atoms with van der Waals surface area (Å²) in [5, 5.41) is 3.68. The number of carbonyl (C=O) groups excluding carboxylic acids is 1. The first kappa shape index (κ1) is 19.2. The standard InChI is InChI=1S/C15H23ClN2O.ClH/c1-10(11(2)17)14(19)18-9-15(3,4)12-7-5-6-8-13(12)16;/h5-8,10-11H,9,17H2,1-4H3,(H,18,19);1H. The molecule has 1 amide bonds. The van der Waals surface area contributed by atoms with E-state index in [1.54, 1.807) is 0 Å². The molecule has 1 rings (SSSR count). The van der Waals surface area contributed by atoms with E-state index in [-0.39, 0.29) is 35.7 Å². The molecule has 0 saturated heterocycles. The number of halogens is 2. The quantitative estimate of drug-likeness (QED) is 0.876. The van der Waals surface area contributed by atoms with Gasteiger partial charge in [-0.2, -0.15) is 0 Å². The highest BCUT2D eigenvalue weighted by Gasteiger charge is 2.25. The maximum atomic E-state index is 11.9. The Morgan fingerprint density at radius 2 is 1.90 bits per heavy atom. The predicted molar refractivity (Wildman–Crippen MR) is 87.5 cm³/mol. The van der Waals surface area contributed by atoms with Gasteiger partial charge in [0.05, 0.1) is 0 Å². The lowest BCUT2D eigenvalue weighted by Crippen LogP contribution is -2.43. The number of carbonyl (C=O) groups is 1. The lowest BCUT2D eigenvalue weighted by molar-refractivity contribution is -0.125. The largest absolute Gasteiger partial charge is 0.355 e. The fourth-order valence-electron chi connectivity index (χ4n) is 1.81. The summed E-state index contributed by atoms with van der Waals surface area (Å²) in [6.45, 7) is 8.33. The summed E-state index contributed by atoms with van der Waals surface area (Å²) in [6, 6.07) is 7.56. The van der Waals surface area contributed by atoms with E-state index < -0.39 is 0 Å². The molecule has 0 heterocycles. The molecule has 3 N–H and O–H groups in total. The summed E-state index contributed by atoms with van der Waals surface area (Å²) >= 11 is 6.20. The van der Waals surface area contributed by atoms with Gasteiger partial charge in [0.1, 0.15) is 0 Å². The molecule has 2 atom stereocenters. The monoisotopic (exact) mass is 318 g/mol. The molecule has 20 heavy (non-hydrogen) atoms. The van der Waals surface area contributed by atoms with Gasteiger partial charge in [-0.05, 0) is 18.6 Å². The van der Waals surface area contributed by atoms with E-state index in [4.69, 9.17) is 17.3 Å². The second-order valence-electron chi connectivity index (χ2n) is 5.73. The van der Waals surface area contributed by atoms with Crippen molar-refractivity contribution in [3.63, 3.8) is 0 Å². The van der Waals surface area contributed by atoms with Crippen LogP contribution in [0.1, 0.15) is 33.3 Å². The Hall–Kier alpha value is -0.770.